The van der Waals surface area contributed by atoms with Crippen LogP contribution in [-0.2, 0) is 9.53 Å². The molecule has 0 radical (unpaired) electrons. The third-order valence-corrected chi connectivity index (χ3v) is 6.05. The lowest BCUT2D eigenvalue weighted by atomic mass is 10.0. The van der Waals surface area contributed by atoms with E-state index in [1.54, 1.807) is 42.5 Å². The number of primary amides is 1. The van der Waals surface area contributed by atoms with Crippen LogP contribution in [0, 0.1) is 6.92 Å². The van der Waals surface area contributed by atoms with Crippen LogP contribution in [0.4, 0.5) is 11.4 Å². The maximum Gasteiger partial charge on any atom is 0.273 e. The highest BCUT2D eigenvalue weighted by molar-refractivity contribution is 7.09. The number of carbonyl (C=O) groups excluding carboxylic acids is 3. The molecule has 0 bridgehead atoms. The molecule has 0 saturated carbocycles. The number of aryl methyl sites for hydroxylation is 1. The minimum atomic E-state index is -1.08. The van der Waals surface area contributed by atoms with Gasteiger partial charge in [0.15, 0.2) is 5.69 Å². The molecule has 3 amide bonds. The summed E-state index contributed by atoms with van der Waals surface area (Å²) in [6, 6.07) is 12.9. The second kappa shape index (κ2) is 11.4. The predicted molar refractivity (Wildman–Crippen MR) is 134 cm³/mol. The monoisotopic (exact) mass is 497 g/mol. The van der Waals surface area contributed by atoms with Crippen LogP contribution in [0.3, 0.4) is 0 Å². The molecule has 3 aromatic rings. The Balaban J connectivity index is 2.17. The summed E-state index contributed by atoms with van der Waals surface area (Å²) >= 11 is 0.753. The Morgan fingerprint density at radius 3 is 2.43 bits per heavy atom. The number of amides is 3. The summed E-state index contributed by atoms with van der Waals surface area (Å²) in [5, 5.41) is 2.81. The fourth-order valence-electron chi connectivity index (χ4n) is 3.48. The Labute approximate surface area is 207 Å². The minimum absolute atomic E-state index is 0.00325. The zero-order valence-corrected chi connectivity index (χ0v) is 20.4. The molecule has 184 valence electrons. The topological polar surface area (TPSA) is 150 Å². The molecule has 1 atom stereocenters. The lowest BCUT2D eigenvalue weighted by Gasteiger charge is -2.31. The van der Waals surface area contributed by atoms with Crippen LogP contribution in [0.25, 0.3) is 0 Å². The van der Waals surface area contributed by atoms with Gasteiger partial charge in [-0.3, -0.25) is 19.3 Å². The van der Waals surface area contributed by atoms with Crippen LogP contribution < -0.4 is 26.4 Å². The van der Waals surface area contributed by atoms with Crippen LogP contribution >= 0.6 is 11.5 Å². The molecule has 11 heteroatoms. The number of benzene rings is 2. The number of methoxy groups -OCH3 is 2. The highest BCUT2D eigenvalue weighted by Gasteiger charge is 2.36. The van der Waals surface area contributed by atoms with E-state index >= 15 is 0 Å². The van der Waals surface area contributed by atoms with Crippen molar-refractivity contribution in [1.82, 2.24) is 9.69 Å². The second-order valence-electron chi connectivity index (χ2n) is 7.61. The van der Waals surface area contributed by atoms with Crippen LogP contribution in [0.15, 0.2) is 48.5 Å². The van der Waals surface area contributed by atoms with E-state index in [0.29, 0.717) is 23.6 Å². The molecule has 1 heterocycles. The van der Waals surface area contributed by atoms with Gasteiger partial charge in [0.25, 0.3) is 11.8 Å². The van der Waals surface area contributed by atoms with Crippen molar-refractivity contribution in [2.45, 2.75) is 13.0 Å². The van der Waals surface area contributed by atoms with Gasteiger partial charge in [0.1, 0.15) is 16.7 Å². The van der Waals surface area contributed by atoms with Crippen molar-refractivity contribution in [3.05, 3.63) is 70.2 Å². The Kier molecular flexibility index (Phi) is 8.39. The summed E-state index contributed by atoms with van der Waals surface area (Å²) in [4.78, 5) is 40.4. The highest BCUT2D eigenvalue weighted by atomic mass is 32.1. The van der Waals surface area contributed by atoms with Crippen molar-refractivity contribution in [2.24, 2.45) is 5.73 Å². The number of nitrogens with zero attached hydrogens (tertiary/aromatic N) is 2. The third-order valence-electron chi connectivity index (χ3n) is 5.20. The molecular formula is C24H27N5O5S. The number of nitrogens with one attached hydrogen (secondary N) is 1. The van der Waals surface area contributed by atoms with E-state index in [1.165, 1.54) is 19.1 Å². The van der Waals surface area contributed by atoms with Crippen molar-refractivity contribution < 1.29 is 23.9 Å². The first-order valence-corrected chi connectivity index (χ1v) is 11.4. The van der Waals surface area contributed by atoms with Gasteiger partial charge in [0, 0.05) is 19.3 Å². The average Bonchev–Trinajstić information content (AvgIpc) is 3.23. The van der Waals surface area contributed by atoms with Crippen molar-refractivity contribution >= 4 is 40.6 Å². The van der Waals surface area contributed by atoms with Gasteiger partial charge in [-0.1, -0.05) is 24.3 Å². The molecular weight excluding hydrogens is 470 g/mol. The van der Waals surface area contributed by atoms with Crippen molar-refractivity contribution in [3.8, 4) is 5.75 Å². The van der Waals surface area contributed by atoms with E-state index in [2.05, 4.69) is 9.69 Å². The number of hydrogen-bond acceptors (Lipinski definition) is 8. The van der Waals surface area contributed by atoms with Gasteiger partial charge in [0.2, 0.25) is 5.91 Å². The van der Waals surface area contributed by atoms with E-state index in [4.69, 9.17) is 20.9 Å². The number of nitrogen functional groups attached to an aromatic ring is 1. The predicted octanol–water partition coefficient (Wildman–Crippen LogP) is 2.29. The Morgan fingerprint density at radius 1 is 1.14 bits per heavy atom. The van der Waals surface area contributed by atoms with Gasteiger partial charge in [-0.25, -0.2) is 0 Å². The number of nitrogens with two attached hydrogens (primary N) is 2. The lowest BCUT2D eigenvalue weighted by molar-refractivity contribution is -0.122. The number of carbonyl (C=O) groups is 3. The summed E-state index contributed by atoms with van der Waals surface area (Å²) in [5.41, 5.74) is 13.0. The van der Waals surface area contributed by atoms with Crippen LogP contribution in [0.1, 0.15) is 37.3 Å². The summed E-state index contributed by atoms with van der Waals surface area (Å²) in [7, 11) is 3.06. The molecule has 0 saturated heterocycles. The van der Waals surface area contributed by atoms with E-state index in [9.17, 15) is 14.4 Å². The molecule has 35 heavy (non-hydrogen) atoms. The molecule has 3 rings (SSSR count). The number of aromatic nitrogens is 1. The van der Waals surface area contributed by atoms with Gasteiger partial charge in [-0.05, 0) is 53.8 Å². The number of hydrogen-bond donors (Lipinski definition) is 3. The Morgan fingerprint density at radius 2 is 1.86 bits per heavy atom. The summed E-state index contributed by atoms with van der Waals surface area (Å²) < 4.78 is 14.2. The van der Waals surface area contributed by atoms with Crippen molar-refractivity contribution in [3.63, 3.8) is 0 Å². The highest BCUT2D eigenvalue weighted by Crippen LogP contribution is 2.34. The molecule has 5 N–H and O–H groups in total. The van der Waals surface area contributed by atoms with Gasteiger partial charge in [0.05, 0.1) is 19.4 Å². The van der Waals surface area contributed by atoms with Gasteiger partial charge in [-0.15, -0.1) is 0 Å². The number of anilines is 2. The molecule has 2 aromatic carbocycles. The normalized spacial score (nSPS) is 11.5. The first-order valence-electron chi connectivity index (χ1n) is 10.6. The zero-order valence-electron chi connectivity index (χ0n) is 19.6. The smallest absolute Gasteiger partial charge is 0.273 e. The standard InChI is InChI=1S/C24H27N5O5S/c1-14-5-4-6-16(13-14)29(24(32)21-18(25)19(22(26)30)28-35-21)20(23(31)27-11-12-33-2)15-7-9-17(34-3)10-8-15/h4-10,13,20H,11-12,25H2,1-3H3,(H2,26,30)(H,27,31). The minimum Gasteiger partial charge on any atom is -0.497 e. The van der Waals surface area contributed by atoms with Crippen LogP contribution in [0.2, 0.25) is 0 Å². The molecule has 10 nitrogen and oxygen atoms in total. The van der Waals surface area contributed by atoms with Crippen molar-refractivity contribution in [2.75, 3.05) is 38.0 Å². The van der Waals surface area contributed by atoms with E-state index in [1.807, 2.05) is 13.0 Å². The Bertz CT molecular complexity index is 1210. The van der Waals surface area contributed by atoms with Gasteiger partial charge in [-0.2, -0.15) is 4.37 Å². The summed E-state index contributed by atoms with van der Waals surface area (Å²) in [5.74, 6) is -1.27. The largest absolute Gasteiger partial charge is 0.497 e. The zero-order chi connectivity index (χ0) is 25.5. The molecule has 1 aromatic heterocycles. The molecule has 0 aliphatic carbocycles. The number of ether oxygens (including phenoxy) is 2. The van der Waals surface area contributed by atoms with E-state index < -0.39 is 23.8 Å². The maximum atomic E-state index is 13.9. The second-order valence-corrected chi connectivity index (χ2v) is 8.39. The SMILES string of the molecule is COCCNC(=O)C(c1ccc(OC)cc1)N(C(=O)c1snc(C(N)=O)c1N)c1cccc(C)c1. The lowest BCUT2D eigenvalue weighted by Crippen LogP contribution is -2.44. The van der Waals surface area contributed by atoms with E-state index in [0.717, 1.165) is 17.1 Å². The van der Waals surface area contributed by atoms with E-state index in [-0.39, 0.29) is 22.8 Å². The fourth-order valence-corrected chi connectivity index (χ4v) is 4.22. The summed E-state index contributed by atoms with van der Waals surface area (Å²) in [6.45, 7) is 2.41. The molecule has 0 aliphatic rings. The van der Waals surface area contributed by atoms with Gasteiger partial charge < -0.3 is 26.3 Å². The third kappa shape index (κ3) is 5.76. The van der Waals surface area contributed by atoms with Gasteiger partial charge >= 0.3 is 0 Å². The van der Waals surface area contributed by atoms with Crippen LogP contribution in [-0.4, -0.2) is 49.5 Å². The molecule has 1 unspecified atom stereocenters. The first kappa shape index (κ1) is 25.7. The maximum absolute atomic E-state index is 13.9. The average molecular weight is 498 g/mol. The van der Waals surface area contributed by atoms with Crippen LogP contribution in [0.5, 0.6) is 5.75 Å². The number of rotatable bonds is 10. The summed E-state index contributed by atoms with van der Waals surface area (Å²) in [6.07, 6.45) is 0. The fraction of sp³-hybridized carbons (Fsp3) is 0.250. The molecule has 0 aliphatic heterocycles. The van der Waals surface area contributed by atoms with Crippen molar-refractivity contribution in [1.29, 1.82) is 0 Å². The molecule has 0 spiro atoms. The quantitative estimate of drug-likeness (QED) is 0.364. The first-order chi connectivity index (χ1) is 16.8. The Hall–Kier alpha value is -3.96. The molecule has 0 fully saturated rings.